The SMILES string of the molecule is Cc1cc(C)c(C#N)c(NCCO)n1. The molecule has 0 aromatic carbocycles. The molecule has 0 saturated carbocycles. The maximum atomic E-state index is 8.90. The number of hydrogen-bond donors (Lipinski definition) is 2. The van der Waals surface area contributed by atoms with Gasteiger partial charge in [-0.25, -0.2) is 4.98 Å². The third-order valence-corrected chi connectivity index (χ3v) is 1.86. The second-order valence-electron chi connectivity index (χ2n) is 3.07. The molecular formula is C10H13N3O. The van der Waals surface area contributed by atoms with Gasteiger partial charge in [-0.1, -0.05) is 0 Å². The Kier molecular flexibility index (Phi) is 3.43. The number of nitriles is 1. The van der Waals surface area contributed by atoms with E-state index in [0.29, 0.717) is 17.9 Å². The minimum absolute atomic E-state index is 0.0273. The van der Waals surface area contributed by atoms with Gasteiger partial charge in [-0.3, -0.25) is 0 Å². The van der Waals surface area contributed by atoms with Gasteiger partial charge in [0, 0.05) is 12.2 Å². The van der Waals surface area contributed by atoms with Crippen LogP contribution in [0.2, 0.25) is 0 Å². The second-order valence-corrected chi connectivity index (χ2v) is 3.07. The van der Waals surface area contributed by atoms with Crippen LogP contribution in [0, 0.1) is 25.2 Å². The van der Waals surface area contributed by atoms with Crippen LogP contribution in [0.15, 0.2) is 6.07 Å². The number of aliphatic hydroxyl groups is 1. The Labute approximate surface area is 83.2 Å². The van der Waals surface area contributed by atoms with Crippen molar-refractivity contribution in [3.63, 3.8) is 0 Å². The molecule has 1 aromatic heterocycles. The van der Waals surface area contributed by atoms with Crippen LogP contribution in [0.3, 0.4) is 0 Å². The minimum Gasteiger partial charge on any atom is -0.395 e. The quantitative estimate of drug-likeness (QED) is 0.747. The van der Waals surface area contributed by atoms with Crippen LogP contribution in [0.5, 0.6) is 0 Å². The highest BCUT2D eigenvalue weighted by Gasteiger charge is 2.06. The Morgan fingerprint density at radius 2 is 2.29 bits per heavy atom. The normalized spacial score (nSPS) is 9.57. The Morgan fingerprint density at radius 1 is 1.57 bits per heavy atom. The summed E-state index contributed by atoms with van der Waals surface area (Å²) in [7, 11) is 0. The fourth-order valence-corrected chi connectivity index (χ4v) is 1.28. The van der Waals surface area contributed by atoms with Gasteiger partial charge in [0.25, 0.3) is 0 Å². The zero-order valence-corrected chi connectivity index (χ0v) is 8.33. The molecule has 0 aliphatic heterocycles. The lowest BCUT2D eigenvalue weighted by Gasteiger charge is -2.08. The summed E-state index contributed by atoms with van der Waals surface area (Å²) in [5.41, 5.74) is 2.31. The molecule has 1 aromatic rings. The molecule has 0 atom stereocenters. The first-order valence-corrected chi connectivity index (χ1v) is 4.42. The fraction of sp³-hybridized carbons (Fsp3) is 0.400. The monoisotopic (exact) mass is 191 g/mol. The molecule has 0 amide bonds. The van der Waals surface area contributed by atoms with Gasteiger partial charge in [0.05, 0.1) is 12.2 Å². The number of hydrogen-bond acceptors (Lipinski definition) is 4. The van der Waals surface area contributed by atoms with Crippen molar-refractivity contribution >= 4 is 5.82 Å². The van der Waals surface area contributed by atoms with Crippen molar-refractivity contribution < 1.29 is 5.11 Å². The first-order chi connectivity index (χ1) is 6.69. The third-order valence-electron chi connectivity index (χ3n) is 1.86. The molecule has 0 fully saturated rings. The number of aliphatic hydroxyl groups excluding tert-OH is 1. The number of aromatic nitrogens is 1. The average Bonchev–Trinajstić information content (AvgIpc) is 2.14. The third kappa shape index (κ3) is 2.21. The van der Waals surface area contributed by atoms with E-state index in [-0.39, 0.29) is 6.61 Å². The largest absolute Gasteiger partial charge is 0.395 e. The molecule has 74 valence electrons. The first kappa shape index (κ1) is 10.5. The molecule has 2 N–H and O–H groups in total. The number of pyridine rings is 1. The molecule has 0 aliphatic carbocycles. The standard InChI is InChI=1S/C10H13N3O/c1-7-5-8(2)13-10(9(7)6-11)12-3-4-14/h5,14H,3-4H2,1-2H3,(H,12,13). The lowest BCUT2D eigenvalue weighted by atomic mass is 10.1. The molecule has 1 heterocycles. The van der Waals surface area contributed by atoms with Crippen LogP contribution in [0.25, 0.3) is 0 Å². The molecule has 0 spiro atoms. The number of nitrogens with one attached hydrogen (secondary N) is 1. The summed E-state index contributed by atoms with van der Waals surface area (Å²) < 4.78 is 0. The predicted octanol–water partition coefficient (Wildman–Crippen LogP) is 0.974. The molecule has 0 unspecified atom stereocenters. The lowest BCUT2D eigenvalue weighted by Crippen LogP contribution is -2.09. The molecule has 14 heavy (non-hydrogen) atoms. The van der Waals surface area contributed by atoms with E-state index in [2.05, 4.69) is 16.4 Å². The van der Waals surface area contributed by atoms with E-state index in [1.165, 1.54) is 0 Å². The van der Waals surface area contributed by atoms with E-state index < -0.39 is 0 Å². The van der Waals surface area contributed by atoms with E-state index >= 15 is 0 Å². The van der Waals surface area contributed by atoms with E-state index in [4.69, 9.17) is 10.4 Å². The number of anilines is 1. The van der Waals surface area contributed by atoms with Crippen LogP contribution < -0.4 is 5.32 Å². The average molecular weight is 191 g/mol. The lowest BCUT2D eigenvalue weighted by molar-refractivity contribution is 0.311. The molecule has 4 nitrogen and oxygen atoms in total. The van der Waals surface area contributed by atoms with Gasteiger partial charge in [0.15, 0.2) is 0 Å². The molecular weight excluding hydrogens is 178 g/mol. The van der Waals surface area contributed by atoms with Crippen LogP contribution >= 0.6 is 0 Å². The maximum absolute atomic E-state index is 8.90. The van der Waals surface area contributed by atoms with Crippen molar-refractivity contribution in [2.45, 2.75) is 13.8 Å². The summed E-state index contributed by atoms with van der Waals surface area (Å²) >= 11 is 0. The minimum atomic E-state index is 0.0273. The van der Waals surface area contributed by atoms with Gasteiger partial charge < -0.3 is 10.4 Å². The van der Waals surface area contributed by atoms with E-state index in [0.717, 1.165) is 11.3 Å². The van der Waals surface area contributed by atoms with Gasteiger partial charge >= 0.3 is 0 Å². The Hall–Kier alpha value is -1.60. The Bertz CT molecular complexity index is 368. The summed E-state index contributed by atoms with van der Waals surface area (Å²) in [6, 6.07) is 3.96. The van der Waals surface area contributed by atoms with Crippen molar-refractivity contribution in [2.24, 2.45) is 0 Å². The Balaban J connectivity index is 3.07. The van der Waals surface area contributed by atoms with Crippen LogP contribution in [-0.4, -0.2) is 23.2 Å². The van der Waals surface area contributed by atoms with Gasteiger partial charge in [0.1, 0.15) is 11.9 Å². The van der Waals surface area contributed by atoms with Crippen molar-refractivity contribution in [3.8, 4) is 6.07 Å². The number of rotatable bonds is 3. The molecule has 0 bridgehead atoms. The van der Waals surface area contributed by atoms with Gasteiger partial charge in [-0.15, -0.1) is 0 Å². The van der Waals surface area contributed by atoms with E-state index in [9.17, 15) is 0 Å². The first-order valence-electron chi connectivity index (χ1n) is 4.42. The van der Waals surface area contributed by atoms with Crippen LogP contribution in [0.4, 0.5) is 5.82 Å². The highest BCUT2D eigenvalue weighted by atomic mass is 16.3. The van der Waals surface area contributed by atoms with Gasteiger partial charge in [-0.2, -0.15) is 5.26 Å². The van der Waals surface area contributed by atoms with Gasteiger partial charge in [0.2, 0.25) is 0 Å². The summed E-state index contributed by atoms with van der Waals surface area (Å²) in [6.07, 6.45) is 0. The number of nitrogens with zero attached hydrogens (tertiary/aromatic N) is 2. The molecule has 0 aliphatic rings. The highest BCUT2D eigenvalue weighted by Crippen LogP contribution is 2.16. The van der Waals surface area contributed by atoms with Crippen molar-refractivity contribution in [3.05, 3.63) is 22.9 Å². The summed E-state index contributed by atoms with van der Waals surface area (Å²) in [6.45, 7) is 4.18. The molecule has 0 saturated heterocycles. The maximum Gasteiger partial charge on any atom is 0.144 e. The predicted molar refractivity (Wildman–Crippen MR) is 54.0 cm³/mol. The van der Waals surface area contributed by atoms with Gasteiger partial charge in [-0.05, 0) is 25.5 Å². The molecule has 4 heteroatoms. The van der Waals surface area contributed by atoms with Crippen molar-refractivity contribution in [1.29, 1.82) is 5.26 Å². The number of aryl methyl sites for hydroxylation is 2. The second kappa shape index (κ2) is 4.58. The summed E-state index contributed by atoms with van der Waals surface area (Å²) in [5, 5.41) is 20.5. The summed E-state index contributed by atoms with van der Waals surface area (Å²) in [4.78, 5) is 4.20. The van der Waals surface area contributed by atoms with Crippen LogP contribution in [0.1, 0.15) is 16.8 Å². The molecule has 1 rings (SSSR count). The van der Waals surface area contributed by atoms with Crippen molar-refractivity contribution in [1.82, 2.24) is 4.98 Å². The zero-order chi connectivity index (χ0) is 10.6. The van der Waals surface area contributed by atoms with Crippen molar-refractivity contribution in [2.75, 3.05) is 18.5 Å². The zero-order valence-electron chi connectivity index (χ0n) is 8.33. The smallest absolute Gasteiger partial charge is 0.144 e. The fourth-order valence-electron chi connectivity index (χ4n) is 1.28. The topological polar surface area (TPSA) is 68.9 Å². The van der Waals surface area contributed by atoms with E-state index in [1.807, 2.05) is 19.9 Å². The van der Waals surface area contributed by atoms with Crippen LogP contribution in [-0.2, 0) is 0 Å². The van der Waals surface area contributed by atoms with E-state index in [1.54, 1.807) is 0 Å². The molecule has 0 radical (unpaired) electrons. The highest BCUT2D eigenvalue weighted by molar-refractivity contribution is 5.56. The summed E-state index contributed by atoms with van der Waals surface area (Å²) in [5.74, 6) is 0.555. The Morgan fingerprint density at radius 3 is 2.86 bits per heavy atom.